The Morgan fingerprint density at radius 1 is 1.25 bits per heavy atom. The van der Waals surface area contributed by atoms with Crippen molar-refractivity contribution in [2.24, 2.45) is 0 Å². The number of hydrogen-bond acceptors (Lipinski definition) is 4. The number of carbonyl (C=O) groups excluding carboxylic acids is 1. The zero-order chi connectivity index (χ0) is 12.0. The number of nitrogens with zero attached hydrogens (tertiary/aromatic N) is 3. The molecule has 1 rings (SSSR count). The molecule has 88 valence electrons. The quantitative estimate of drug-likeness (QED) is 0.823. The van der Waals surface area contributed by atoms with Gasteiger partial charge in [-0.05, 0) is 26.0 Å². The van der Waals surface area contributed by atoms with Crippen molar-refractivity contribution in [3.05, 3.63) is 12.1 Å². The number of nitrogens with one attached hydrogen (secondary N) is 1. The second-order valence-corrected chi connectivity index (χ2v) is 3.35. The summed E-state index contributed by atoms with van der Waals surface area (Å²) in [6, 6.07) is 3.64. The van der Waals surface area contributed by atoms with Gasteiger partial charge in [0.15, 0.2) is 11.6 Å². The molecule has 1 heterocycles. The van der Waals surface area contributed by atoms with Crippen molar-refractivity contribution in [2.45, 2.75) is 27.2 Å². The maximum atomic E-state index is 11.1. The standard InChI is InChI=1S/C11H18N4O/c1-4-11(16)12-9-7-8-10(14-13-9)15(5-2)6-3/h7-8H,4-6H2,1-3H3,(H,12,13,16). The second-order valence-electron chi connectivity index (χ2n) is 3.35. The van der Waals surface area contributed by atoms with Crippen LogP contribution in [-0.4, -0.2) is 29.2 Å². The summed E-state index contributed by atoms with van der Waals surface area (Å²) < 4.78 is 0. The van der Waals surface area contributed by atoms with Crippen LogP contribution in [0, 0.1) is 0 Å². The van der Waals surface area contributed by atoms with Gasteiger partial charge < -0.3 is 10.2 Å². The van der Waals surface area contributed by atoms with E-state index in [1.54, 1.807) is 13.0 Å². The van der Waals surface area contributed by atoms with Crippen LogP contribution in [0.1, 0.15) is 27.2 Å². The molecule has 1 N–H and O–H groups in total. The van der Waals surface area contributed by atoms with Crippen LogP contribution in [0.25, 0.3) is 0 Å². The molecule has 1 amide bonds. The van der Waals surface area contributed by atoms with Crippen LogP contribution in [0.4, 0.5) is 11.6 Å². The van der Waals surface area contributed by atoms with Crippen molar-refractivity contribution in [3.63, 3.8) is 0 Å². The molecule has 5 heteroatoms. The Morgan fingerprint density at radius 2 is 1.94 bits per heavy atom. The molecule has 0 unspecified atom stereocenters. The van der Waals surface area contributed by atoms with E-state index in [0.717, 1.165) is 18.9 Å². The fourth-order valence-electron chi connectivity index (χ4n) is 1.34. The number of amides is 1. The number of anilines is 2. The molecule has 0 aromatic carbocycles. The highest BCUT2D eigenvalue weighted by Crippen LogP contribution is 2.11. The first kappa shape index (κ1) is 12.4. The van der Waals surface area contributed by atoms with E-state index in [9.17, 15) is 4.79 Å². The summed E-state index contributed by atoms with van der Waals surface area (Å²) in [6.45, 7) is 7.72. The van der Waals surface area contributed by atoms with Crippen molar-refractivity contribution in [3.8, 4) is 0 Å². The maximum Gasteiger partial charge on any atom is 0.225 e. The van der Waals surface area contributed by atoms with Gasteiger partial charge in [-0.25, -0.2) is 0 Å². The third-order valence-corrected chi connectivity index (χ3v) is 2.33. The van der Waals surface area contributed by atoms with Gasteiger partial charge in [0, 0.05) is 19.5 Å². The number of aromatic nitrogens is 2. The normalized spacial score (nSPS) is 9.94. The summed E-state index contributed by atoms with van der Waals surface area (Å²) in [5.41, 5.74) is 0. The first-order valence-corrected chi connectivity index (χ1v) is 5.59. The number of rotatable bonds is 5. The molecule has 0 saturated heterocycles. The topological polar surface area (TPSA) is 58.1 Å². The average molecular weight is 222 g/mol. The molecule has 0 radical (unpaired) electrons. The molecule has 0 aliphatic rings. The average Bonchev–Trinajstić information content (AvgIpc) is 2.32. The molecule has 0 aliphatic carbocycles. The van der Waals surface area contributed by atoms with Crippen LogP contribution >= 0.6 is 0 Å². The molecular weight excluding hydrogens is 204 g/mol. The molecule has 16 heavy (non-hydrogen) atoms. The summed E-state index contributed by atoms with van der Waals surface area (Å²) in [6.07, 6.45) is 0.444. The zero-order valence-electron chi connectivity index (χ0n) is 10.0. The third kappa shape index (κ3) is 3.18. The molecule has 1 aromatic heterocycles. The van der Waals surface area contributed by atoms with Crippen LogP contribution in [0.5, 0.6) is 0 Å². The van der Waals surface area contributed by atoms with E-state index in [1.807, 2.05) is 6.07 Å². The van der Waals surface area contributed by atoms with E-state index < -0.39 is 0 Å². The monoisotopic (exact) mass is 222 g/mol. The van der Waals surface area contributed by atoms with E-state index >= 15 is 0 Å². The Morgan fingerprint density at radius 3 is 2.38 bits per heavy atom. The van der Waals surface area contributed by atoms with Gasteiger partial charge in [0.1, 0.15) is 0 Å². The summed E-state index contributed by atoms with van der Waals surface area (Å²) in [7, 11) is 0. The highest BCUT2D eigenvalue weighted by molar-refractivity contribution is 5.89. The summed E-state index contributed by atoms with van der Waals surface area (Å²) in [4.78, 5) is 13.2. The Kier molecular flexibility index (Phi) is 4.69. The summed E-state index contributed by atoms with van der Waals surface area (Å²) >= 11 is 0. The van der Waals surface area contributed by atoms with E-state index in [4.69, 9.17) is 0 Å². The van der Waals surface area contributed by atoms with Crippen molar-refractivity contribution in [1.29, 1.82) is 0 Å². The van der Waals surface area contributed by atoms with Crippen molar-refractivity contribution in [2.75, 3.05) is 23.3 Å². The second kappa shape index (κ2) is 6.05. The van der Waals surface area contributed by atoms with Gasteiger partial charge in [-0.3, -0.25) is 4.79 Å². The Balaban J connectivity index is 2.70. The first-order chi connectivity index (χ1) is 7.71. The van der Waals surface area contributed by atoms with E-state index in [2.05, 4.69) is 34.3 Å². The van der Waals surface area contributed by atoms with Crippen molar-refractivity contribution >= 4 is 17.5 Å². The Bertz CT molecular complexity index is 332. The molecule has 0 bridgehead atoms. The molecule has 0 spiro atoms. The molecule has 5 nitrogen and oxygen atoms in total. The van der Waals surface area contributed by atoms with Crippen LogP contribution in [0.15, 0.2) is 12.1 Å². The van der Waals surface area contributed by atoms with Crippen molar-refractivity contribution in [1.82, 2.24) is 10.2 Å². The lowest BCUT2D eigenvalue weighted by molar-refractivity contribution is -0.115. The number of carbonyl (C=O) groups is 1. The highest BCUT2D eigenvalue weighted by Gasteiger charge is 2.05. The highest BCUT2D eigenvalue weighted by atomic mass is 16.1. The minimum atomic E-state index is -0.0510. The largest absolute Gasteiger partial charge is 0.356 e. The Labute approximate surface area is 95.9 Å². The molecular formula is C11H18N4O. The van der Waals surface area contributed by atoms with Gasteiger partial charge in [-0.2, -0.15) is 0 Å². The van der Waals surface area contributed by atoms with Gasteiger partial charge in [0.25, 0.3) is 0 Å². The summed E-state index contributed by atoms with van der Waals surface area (Å²) in [5, 5.41) is 10.7. The number of hydrogen-bond donors (Lipinski definition) is 1. The van der Waals surface area contributed by atoms with E-state index in [1.165, 1.54) is 0 Å². The van der Waals surface area contributed by atoms with Crippen LogP contribution in [0.3, 0.4) is 0 Å². The zero-order valence-corrected chi connectivity index (χ0v) is 10.0. The smallest absolute Gasteiger partial charge is 0.225 e. The molecule has 0 aliphatic heterocycles. The first-order valence-electron chi connectivity index (χ1n) is 5.59. The lowest BCUT2D eigenvalue weighted by Crippen LogP contribution is -2.23. The molecule has 1 aromatic rings. The summed E-state index contributed by atoms with van der Waals surface area (Å²) in [5.74, 6) is 1.28. The minimum Gasteiger partial charge on any atom is -0.356 e. The minimum absolute atomic E-state index is 0.0510. The van der Waals surface area contributed by atoms with Gasteiger partial charge in [-0.15, -0.1) is 10.2 Å². The van der Waals surface area contributed by atoms with Crippen molar-refractivity contribution < 1.29 is 4.79 Å². The van der Waals surface area contributed by atoms with Gasteiger partial charge >= 0.3 is 0 Å². The lowest BCUT2D eigenvalue weighted by atomic mass is 10.4. The van der Waals surface area contributed by atoms with Crippen LogP contribution in [-0.2, 0) is 4.79 Å². The SMILES string of the molecule is CCC(=O)Nc1ccc(N(CC)CC)nn1. The predicted molar refractivity (Wildman–Crippen MR) is 64.5 cm³/mol. The Hall–Kier alpha value is -1.65. The predicted octanol–water partition coefficient (Wildman–Crippen LogP) is 1.67. The fourth-order valence-corrected chi connectivity index (χ4v) is 1.34. The van der Waals surface area contributed by atoms with Gasteiger partial charge in [0.2, 0.25) is 5.91 Å². The molecule has 0 saturated carbocycles. The molecule has 0 fully saturated rings. The third-order valence-electron chi connectivity index (χ3n) is 2.33. The van der Waals surface area contributed by atoms with E-state index in [-0.39, 0.29) is 5.91 Å². The lowest BCUT2D eigenvalue weighted by Gasteiger charge is -2.18. The van der Waals surface area contributed by atoms with Gasteiger partial charge in [-0.1, -0.05) is 6.92 Å². The fraction of sp³-hybridized carbons (Fsp3) is 0.545. The van der Waals surface area contributed by atoms with Crippen LogP contribution < -0.4 is 10.2 Å². The van der Waals surface area contributed by atoms with Crippen LogP contribution in [0.2, 0.25) is 0 Å². The van der Waals surface area contributed by atoms with E-state index in [0.29, 0.717) is 12.2 Å². The molecule has 0 atom stereocenters. The maximum absolute atomic E-state index is 11.1. The van der Waals surface area contributed by atoms with Gasteiger partial charge in [0.05, 0.1) is 0 Å².